The molecule has 0 aromatic rings. The zero-order valence-electron chi connectivity index (χ0n) is 22.8. The first-order valence-corrected chi connectivity index (χ1v) is 14.3. The monoisotopic (exact) mass is 443 g/mol. The first-order chi connectivity index (χ1) is 15.0. The number of amides is 1. The van der Waals surface area contributed by atoms with Crippen LogP contribution in [-0.2, 0) is 4.79 Å². The molecule has 0 aromatic heterocycles. The molecule has 2 nitrogen and oxygen atoms in total. The van der Waals surface area contributed by atoms with Gasteiger partial charge in [-0.1, -0.05) is 128 Å². The van der Waals surface area contributed by atoms with E-state index in [1.807, 2.05) is 0 Å². The molecule has 0 spiro atoms. The van der Waals surface area contributed by atoms with E-state index in [2.05, 4.69) is 47.8 Å². The second-order valence-electron chi connectivity index (χ2n) is 13.5. The highest BCUT2D eigenvalue weighted by atomic mass is 16.2. The van der Waals surface area contributed by atoms with Crippen molar-refractivity contribution in [3.05, 3.63) is 0 Å². The third-order valence-electron chi connectivity index (χ3n) is 9.09. The highest BCUT2D eigenvalue weighted by molar-refractivity contribution is 6.44. The van der Waals surface area contributed by atoms with E-state index in [-0.39, 0.29) is 10.9 Å². The molecule has 0 saturated heterocycles. The lowest BCUT2D eigenvalue weighted by Crippen LogP contribution is -2.48. The maximum Gasteiger partial charge on any atom is 0.218 e. The first kappa shape index (κ1) is 27.8. The average molecular weight is 443 g/mol. The molecule has 0 unspecified atom stereocenters. The summed E-state index contributed by atoms with van der Waals surface area (Å²) in [4.78, 5) is 13.4. The molecule has 184 valence electrons. The van der Waals surface area contributed by atoms with Gasteiger partial charge in [0.15, 0.2) is 0 Å². The molecule has 2 rings (SSSR count). The molecule has 0 radical (unpaired) electrons. The minimum Gasteiger partial charge on any atom is -0.351 e. The number of nitrogens with one attached hydrogen (secondary N) is 1. The third-order valence-corrected chi connectivity index (χ3v) is 9.09. The minimum atomic E-state index is -0.188. The summed E-state index contributed by atoms with van der Waals surface area (Å²) in [7, 11) is 3.64. The van der Waals surface area contributed by atoms with Crippen LogP contribution in [0, 0.1) is 0 Å². The van der Waals surface area contributed by atoms with Crippen molar-refractivity contribution in [2.45, 2.75) is 172 Å². The Kier molecular flexibility index (Phi) is 10.7. The maximum atomic E-state index is 13.4. The van der Waals surface area contributed by atoms with Crippen LogP contribution < -0.4 is 5.32 Å². The van der Waals surface area contributed by atoms with Gasteiger partial charge in [0.25, 0.3) is 0 Å². The summed E-state index contributed by atoms with van der Waals surface area (Å²) in [5, 5.41) is 4.27. The fourth-order valence-electron chi connectivity index (χ4n) is 6.94. The van der Waals surface area contributed by atoms with Crippen LogP contribution in [0.1, 0.15) is 150 Å². The quantitative estimate of drug-likeness (QED) is 0.290. The number of hydrogen-bond acceptors (Lipinski definition) is 1. The average Bonchev–Trinajstić information content (AvgIpc) is 2.67. The molecule has 2 fully saturated rings. The van der Waals surface area contributed by atoms with Crippen LogP contribution in [0.4, 0.5) is 0 Å². The Labute approximate surface area is 202 Å². The van der Waals surface area contributed by atoms with Crippen molar-refractivity contribution in [1.82, 2.24) is 5.32 Å². The van der Waals surface area contributed by atoms with Crippen LogP contribution in [-0.4, -0.2) is 26.6 Å². The smallest absolute Gasteiger partial charge is 0.218 e. The molecule has 0 atom stereocenters. The van der Waals surface area contributed by atoms with Crippen molar-refractivity contribution in [2.75, 3.05) is 0 Å². The molecule has 2 saturated carbocycles. The summed E-state index contributed by atoms with van der Waals surface area (Å²) in [6.07, 6.45) is 23.3. The van der Waals surface area contributed by atoms with E-state index in [9.17, 15) is 4.79 Å². The molecule has 2 aliphatic rings. The molecule has 32 heavy (non-hydrogen) atoms. The predicted octanol–water partition coefficient (Wildman–Crippen LogP) is 7.54. The molecule has 0 bridgehead atoms. The van der Waals surface area contributed by atoms with Crippen LogP contribution in [0.3, 0.4) is 0 Å². The van der Waals surface area contributed by atoms with Crippen LogP contribution in [0.25, 0.3) is 0 Å². The number of carbonyl (C=O) groups excluding carboxylic acids is 1. The molecule has 1 N–H and O–H groups in total. The Morgan fingerprint density at radius 3 is 1.84 bits per heavy atom. The minimum absolute atomic E-state index is 0.0858. The molecule has 0 aliphatic heterocycles. The van der Waals surface area contributed by atoms with Gasteiger partial charge in [-0.05, 0) is 33.1 Å². The van der Waals surface area contributed by atoms with E-state index in [1.54, 1.807) is 0 Å². The van der Waals surface area contributed by atoms with Crippen molar-refractivity contribution in [2.24, 2.45) is 0 Å². The summed E-state index contributed by atoms with van der Waals surface area (Å²) >= 11 is 0. The maximum absolute atomic E-state index is 13.4. The van der Waals surface area contributed by atoms with Gasteiger partial charge in [-0.15, -0.1) is 0 Å². The van der Waals surface area contributed by atoms with Crippen LogP contribution in [0.2, 0.25) is 15.9 Å². The lowest BCUT2D eigenvalue weighted by atomic mass is 9.35. The highest BCUT2D eigenvalue weighted by Gasteiger charge is 2.41. The number of unbranched alkanes of at least 4 members (excludes halogenated alkanes) is 3. The van der Waals surface area contributed by atoms with Crippen molar-refractivity contribution in [1.29, 1.82) is 0 Å². The van der Waals surface area contributed by atoms with E-state index in [1.165, 1.54) is 104 Å². The fraction of sp³-hybridized carbons (Fsp3) is 0.964. The zero-order chi connectivity index (χ0) is 23.7. The third kappa shape index (κ3) is 9.09. The number of carbonyl (C=O) groups is 1. The van der Waals surface area contributed by atoms with Gasteiger partial charge in [-0.2, -0.15) is 0 Å². The van der Waals surface area contributed by atoms with Gasteiger partial charge in [0.2, 0.25) is 5.91 Å². The summed E-state index contributed by atoms with van der Waals surface area (Å²) in [6, 6.07) is 0. The van der Waals surface area contributed by atoms with Crippen LogP contribution in [0.5, 0.6) is 0 Å². The van der Waals surface area contributed by atoms with Gasteiger partial charge in [0.05, 0.1) is 0 Å². The van der Waals surface area contributed by atoms with Gasteiger partial charge >= 0.3 is 0 Å². The second kappa shape index (κ2) is 12.3. The van der Waals surface area contributed by atoms with Gasteiger partial charge in [-0.25, -0.2) is 0 Å². The van der Waals surface area contributed by atoms with Crippen LogP contribution in [0.15, 0.2) is 0 Å². The number of rotatable bonds is 9. The van der Waals surface area contributed by atoms with E-state index in [0.717, 1.165) is 19.3 Å². The van der Waals surface area contributed by atoms with Crippen molar-refractivity contribution < 1.29 is 4.79 Å². The van der Waals surface area contributed by atoms with E-state index < -0.39 is 0 Å². The van der Waals surface area contributed by atoms with Crippen molar-refractivity contribution >= 4 is 21.0 Å². The molecule has 0 aromatic carbocycles. The standard InChI is InChI=1S/C28H55B2NO/c1-6-7-8-12-17-25(2,3)31-24(32)28(29)22-15-20-27(5,21-16-23-28)30-26(4)18-13-10-9-11-14-19-26/h30H,6-23,29H2,1-5H3,(H,31,32). The van der Waals surface area contributed by atoms with Crippen molar-refractivity contribution in [3.8, 4) is 0 Å². The van der Waals surface area contributed by atoms with Gasteiger partial charge in [0.1, 0.15) is 15.1 Å². The highest BCUT2D eigenvalue weighted by Crippen LogP contribution is 2.52. The summed E-state index contributed by atoms with van der Waals surface area (Å²) in [6.45, 7) is 11.8. The molecular formula is C28H55B2NO. The Morgan fingerprint density at radius 2 is 1.31 bits per heavy atom. The first-order valence-electron chi connectivity index (χ1n) is 14.3. The Bertz CT molecular complexity index is 556. The van der Waals surface area contributed by atoms with Gasteiger partial charge in [-0.3, -0.25) is 4.79 Å². The predicted molar refractivity (Wildman–Crippen MR) is 146 cm³/mol. The van der Waals surface area contributed by atoms with Gasteiger partial charge in [0, 0.05) is 10.9 Å². The van der Waals surface area contributed by atoms with E-state index in [4.69, 9.17) is 0 Å². The zero-order valence-corrected chi connectivity index (χ0v) is 22.8. The molecule has 4 heteroatoms. The fourth-order valence-corrected chi connectivity index (χ4v) is 6.94. The largest absolute Gasteiger partial charge is 0.351 e. The Morgan fingerprint density at radius 1 is 0.812 bits per heavy atom. The lowest BCUT2D eigenvalue weighted by Gasteiger charge is -2.43. The molecule has 2 aliphatic carbocycles. The van der Waals surface area contributed by atoms with Gasteiger partial charge < -0.3 is 5.32 Å². The molecule has 1 amide bonds. The Hall–Kier alpha value is -0.400. The van der Waals surface area contributed by atoms with E-state index in [0.29, 0.717) is 16.5 Å². The van der Waals surface area contributed by atoms with E-state index >= 15 is 0 Å². The SMILES string of the molecule is BC1(C(=O)NC(C)(C)CCCCCC)CCCC(C)(BC2(C)CCCCCCC2)CCC1. The number of hydrogen-bond donors (Lipinski definition) is 1. The Balaban J connectivity index is 1.89. The normalized spacial score (nSPS) is 29.8. The molecular weight excluding hydrogens is 388 g/mol. The second-order valence-corrected chi connectivity index (χ2v) is 13.5. The van der Waals surface area contributed by atoms with Crippen molar-refractivity contribution in [3.63, 3.8) is 0 Å². The summed E-state index contributed by atoms with van der Waals surface area (Å²) < 4.78 is 0. The lowest BCUT2D eigenvalue weighted by molar-refractivity contribution is -0.126. The molecule has 0 heterocycles. The summed E-state index contributed by atoms with van der Waals surface area (Å²) in [5.41, 5.74) is -0.0858. The summed E-state index contributed by atoms with van der Waals surface area (Å²) in [5.74, 6) is 0.313. The topological polar surface area (TPSA) is 29.1 Å². The van der Waals surface area contributed by atoms with Crippen LogP contribution >= 0.6 is 0 Å².